The summed E-state index contributed by atoms with van der Waals surface area (Å²) in [5, 5.41) is 0. The molecular formula is C19H21N3O2. The second-order valence-corrected chi connectivity index (χ2v) is 6.13. The summed E-state index contributed by atoms with van der Waals surface area (Å²) in [5.74, 6) is -0.510. The fourth-order valence-electron chi connectivity index (χ4n) is 3.07. The average Bonchev–Trinajstić information content (AvgIpc) is 2.62. The first-order valence-electron chi connectivity index (χ1n) is 8.00. The molecule has 5 heteroatoms. The van der Waals surface area contributed by atoms with Crippen molar-refractivity contribution in [2.45, 2.75) is 6.04 Å². The maximum Gasteiger partial charge on any atom is 0.254 e. The highest BCUT2D eigenvalue weighted by Gasteiger charge is 2.30. The molecule has 0 saturated carbocycles. The van der Waals surface area contributed by atoms with Gasteiger partial charge in [0, 0.05) is 30.8 Å². The molecule has 2 amide bonds. The van der Waals surface area contributed by atoms with E-state index in [9.17, 15) is 9.59 Å². The van der Waals surface area contributed by atoms with Crippen LogP contribution in [0.2, 0.25) is 0 Å². The summed E-state index contributed by atoms with van der Waals surface area (Å²) in [7, 11) is 2.07. The van der Waals surface area contributed by atoms with Crippen LogP contribution < -0.4 is 5.73 Å². The number of primary amides is 1. The molecule has 1 aliphatic heterocycles. The van der Waals surface area contributed by atoms with E-state index in [-0.39, 0.29) is 11.9 Å². The molecule has 2 aromatic rings. The molecule has 2 aromatic carbocycles. The molecule has 0 radical (unpaired) electrons. The maximum absolute atomic E-state index is 13.0. The van der Waals surface area contributed by atoms with Gasteiger partial charge in [-0.05, 0) is 36.9 Å². The molecule has 1 fully saturated rings. The van der Waals surface area contributed by atoms with E-state index in [0.29, 0.717) is 17.7 Å². The number of nitrogens with zero attached hydrogens (tertiary/aromatic N) is 2. The number of carbonyl (C=O) groups excluding carboxylic acids is 2. The van der Waals surface area contributed by atoms with Gasteiger partial charge in [-0.3, -0.25) is 9.59 Å². The lowest BCUT2D eigenvalue weighted by molar-refractivity contribution is 0.0498. The van der Waals surface area contributed by atoms with Crippen molar-refractivity contribution in [2.75, 3.05) is 26.7 Å². The molecule has 24 heavy (non-hydrogen) atoms. The predicted octanol–water partition coefficient (Wildman–Crippen LogP) is 1.91. The Hall–Kier alpha value is -2.66. The van der Waals surface area contributed by atoms with Crippen molar-refractivity contribution in [3.05, 3.63) is 71.3 Å². The first-order chi connectivity index (χ1) is 11.6. The quantitative estimate of drug-likeness (QED) is 0.938. The second-order valence-electron chi connectivity index (χ2n) is 6.13. The van der Waals surface area contributed by atoms with Crippen LogP contribution in [0.3, 0.4) is 0 Å². The highest BCUT2D eigenvalue weighted by molar-refractivity contribution is 5.97. The van der Waals surface area contributed by atoms with Gasteiger partial charge in [0.1, 0.15) is 0 Å². The van der Waals surface area contributed by atoms with Gasteiger partial charge in [0.25, 0.3) is 5.91 Å². The van der Waals surface area contributed by atoms with Crippen molar-refractivity contribution in [2.24, 2.45) is 5.73 Å². The van der Waals surface area contributed by atoms with Crippen LogP contribution in [0.1, 0.15) is 32.3 Å². The zero-order valence-corrected chi connectivity index (χ0v) is 13.7. The number of piperazine rings is 1. The lowest BCUT2D eigenvalue weighted by atomic mass is 10.0. The molecule has 1 aliphatic rings. The van der Waals surface area contributed by atoms with Gasteiger partial charge in [0.2, 0.25) is 5.91 Å². The highest BCUT2D eigenvalue weighted by Crippen LogP contribution is 2.26. The smallest absolute Gasteiger partial charge is 0.254 e. The number of amides is 2. The van der Waals surface area contributed by atoms with Gasteiger partial charge in [-0.25, -0.2) is 0 Å². The van der Waals surface area contributed by atoms with Crippen molar-refractivity contribution >= 4 is 11.8 Å². The van der Waals surface area contributed by atoms with Crippen molar-refractivity contribution in [1.29, 1.82) is 0 Å². The molecule has 0 aliphatic carbocycles. The lowest BCUT2D eigenvalue weighted by Crippen LogP contribution is -2.49. The zero-order chi connectivity index (χ0) is 17.1. The molecule has 0 aromatic heterocycles. The third kappa shape index (κ3) is 3.31. The normalized spacial score (nSPS) is 18.4. The summed E-state index contributed by atoms with van der Waals surface area (Å²) in [5.41, 5.74) is 7.37. The number of nitrogens with two attached hydrogens (primary N) is 1. The highest BCUT2D eigenvalue weighted by atomic mass is 16.2. The van der Waals surface area contributed by atoms with Crippen LogP contribution in [0.15, 0.2) is 54.6 Å². The Kier molecular flexibility index (Phi) is 4.62. The minimum atomic E-state index is -0.490. The van der Waals surface area contributed by atoms with E-state index < -0.39 is 5.91 Å². The van der Waals surface area contributed by atoms with Gasteiger partial charge in [0.15, 0.2) is 0 Å². The van der Waals surface area contributed by atoms with Crippen LogP contribution in [0.5, 0.6) is 0 Å². The fraction of sp³-hybridized carbons (Fsp3) is 0.263. The van der Waals surface area contributed by atoms with Crippen LogP contribution in [0.25, 0.3) is 0 Å². The van der Waals surface area contributed by atoms with Crippen LogP contribution in [0.4, 0.5) is 0 Å². The largest absolute Gasteiger partial charge is 0.366 e. The van der Waals surface area contributed by atoms with Gasteiger partial charge >= 0.3 is 0 Å². The molecule has 124 valence electrons. The minimum Gasteiger partial charge on any atom is -0.366 e. The third-order valence-electron chi connectivity index (χ3n) is 4.45. The maximum atomic E-state index is 13.0. The van der Waals surface area contributed by atoms with Crippen molar-refractivity contribution < 1.29 is 9.59 Å². The molecule has 3 rings (SSSR count). The summed E-state index contributed by atoms with van der Waals surface area (Å²) in [6, 6.07) is 16.6. The van der Waals surface area contributed by atoms with Crippen molar-refractivity contribution in [3.63, 3.8) is 0 Å². The molecule has 0 bridgehead atoms. The van der Waals surface area contributed by atoms with Gasteiger partial charge in [-0.2, -0.15) is 0 Å². The predicted molar refractivity (Wildman–Crippen MR) is 92.7 cm³/mol. The monoisotopic (exact) mass is 323 g/mol. The molecular weight excluding hydrogens is 302 g/mol. The van der Waals surface area contributed by atoms with Gasteiger partial charge in [0.05, 0.1) is 6.04 Å². The van der Waals surface area contributed by atoms with E-state index in [1.54, 1.807) is 24.3 Å². The zero-order valence-electron chi connectivity index (χ0n) is 13.7. The molecule has 2 N–H and O–H groups in total. The Balaban J connectivity index is 1.87. The molecule has 1 heterocycles. The molecule has 0 spiro atoms. The van der Waals surface area contributed by atoms with E-state index in [1.165, 1.54) is 0 Å². The van der Waals surface area contributed by atoms with Gasteiger partial charge in [-0.15, -0.1) is 0 Å². The first-order valence-corrected chi connectivity index (χ1v) is 8.00. The molecule has 1 atom stereocenters. The van der Waals surface area contributed by atoms with E-state index in [2.05, 4.69) is 24.1 Å². The average molecular weight is 323 g/mol. The fourth-order valence-corrected chi connectivity index (χ4v) is 3.07. The van der Waals surface area contributed by atoms with E-state index >= 15 is 0 Å². The van der Waals surface area contributed by atoms with E-state index in [1.807, 2.05) is 23.1 Å². The Labute approximate surface area is 141 Å². The number of hydrogen-bond acceptors (Lipinski definition) is 3. The second kappa shape index (κ2) is 6.84. The number of hydrogen-bond donors (Lipinski definition) is 1. The summed E-state index contributed by atoms with van der Waals surface area (Å²) < 4.78 is 0. The molecule has 1 unspecified atom stereocenters. The summed E-state index contributed by atoms with van der Waals surface area (Å²) in [4.78, 5) is 28.3. The Bertz CT molecular complexity index is 728. The van der Waals surface area contributed by atoms with Gasteiger partial charge in [-0.1, -0.05) is 30.3 Å². The SMILES string of the molecule is CN1CCN(C(=O)c2ccc(C(N)=O)cc2)C(c2ccccc2)C1. The Morgan fingerprint density at radius 3 is 2.21 bits per heavy atom. The van der Waals surface area contributed by atoms with E-state index in [4.69, 9.17) is 5.73 Å². The number of carbonyl (C=O) groups is 2. The topological polar surface area (TPSA) is 66.6 Å². The Morgan fingerprint density at radius 2 is 1.58 bits per heavy atom. The summed E-state index contributed by atoms with van der Waals surface area (Å²) >= 11 is 0. The summed E-state index contributed by atoms with van der Waals surface area (Å²) in [6.07, 6.45) is 0. The van der Waals surface area contributed by atoms with Crippen molar-refractivity contribution in [1.82, 2.24) is 9.80 Å². The first kappa shape index (κ1) is 16.2. The number of likely N-dealkylation sites (N-methyl/N-ethyl adjacent to an activating group) is 1. The minimum absolute atomic E-state index is 0.0204. The van der Waals surface area contributed by atoms with Crippen molar-refractivity contribution in [3.8, 4) is 0 Å². The van der Waals surface area contributed by atoms with E-state index in [0.717, 1.165) is 18.7 Å². The summed E-state index contributed by atoms with van der Waals surface area (Å²) in [6.45, 7) is 2.32. The number of benzene rings is 2. The van der Waals surface area contributed by atoms with Crippen LogP contribution in [0, 0.1) is 0 Å². The molecule has 1 saturated heterocycles. The van der Waals surface area contributed by atoms with Crippen LogP contribution in [-0.2, 0) is 0 Å². The Morgan fingerprint density at radius 1 is 0.958 bits per heavy atom. The number of rotatable bonds is 3. The third-order valence-corrected chi connectivity index (χ3v) is 4.45. The standard InChI is InChI=1S/C19H21N3O2/c1-21-11-12-22(17(13-21)14-5-3-2-4-6-14)19(24)16-9-7-15(8-10-16)18(20)23/h2-10,17H,11-13H2,1H3,(H2,20,23). The van der Waals surface area contributed by atoms with Crippen LogP contribution in [-0.4, -0.2) is 48.3 Å². The van der Waals surface area contributed by atoms with Crippen LogP contribution >= 0.6 is 0 Å². The lowest BCUT2D eigenvalue weighted by Gasteiger charge is -2.40. The molecule has 5 nitrogen and oxygen atoms in total. The van der Waals surface area contributed by atoms with Gasteiger partial charge < -0.3 is 15.5 Å².